The molecule has 0 spiro atoms. The average Bonchev–Trinajstić information content (AvgIpc) is 2.31. The van der Waals surface area contributed by atoms with Crippen LogP contribution in [-0.2, 0) is 11.2 Å². The first-order valence-electron chi connectivity index (χ1n) is 5.99. The van der Waals surface area contributed by atoms with Crippen molar-refractivity contribution in [1.29, 1.82) is 0 Å². The maximum Gasteiger partial charge on any atom is 0.233 e. The molecule has 0 aromatic heterocycles. The van der Waals surface area contributed by atoms with Gasteiger partial charge in [-0.2, -0.15) is 0 Å². The lowest BCUT2D eigenvalue weighted by atomic mass is 10.0. The van der Waals surface area contributed by atoms with Gasteiger partial charge in [0.1, 0.15) is 0 Å². The highest BCUT2D eigenvalue weighted by Gasteiger charge is 2.12. The Morgan fingerprint density at radius 2 is 1.94 bits per heavy atom. The number of benzene rings is 1. The van der Waals surface area contributed by atoms with Crippen LogP contribution in [0.4, 0.5) is 0 Å². The van der Waals surface area contributed by atoms with Gasteiger partial charge < -0.3 is 5.32 Å². The second kappa shape index (κ2) is 6.40. The first kappa shape index (κ1) is 13.7. The van der Waals surface area contributed by atoms with Crippen LogP contribution < -0.4 is 5.32 Å². The van der Waals surface area contributed by atoms with E-state index in [0.29, 0.717) is 12.6 Å². The van der Waals surface area contributed by atoms with Crippen molar-refractivity contribution in [3.05, 3.63) is 35.4 Å². The van der Waals surface area contributed by atoms with Crippen molar-refractivity contribution in [2.75, 3.05) is 20.6 Å². The maximum atomic E-state index is 11.3. The maximum absolute atomic E-state index is 11.3. The fourth-order valence-electron chi connectivity index (χ4n) is 1.68. The molecule has 0 aliphatic carbocycles. The van der Waals surface area contributed by atoms with Crippen molar-refractivity contribution in [1.82, 2.24) is 10.2 Å². The van der Waals surface area contributed by atoms with Crippen molar-refractivity contribution in [2.45, 2.75) is 26.3 Å². The minimum absolute atomic E-state index is 0.0586. The van der Waals surface area contributed by atoms with Gasteiger partial charge in [-0.15, -0.1) is 0 Å². The number of rotatable bonds is 5. The minimum atomic E-state index is 0.0586. The predicted molar refractivity (Wildman–Crippen MR) is 71.0 cm³/mol. The molecule has 1 rings (SSSR count). The molecule has 3 heteroatoms. The number of amides is 1. The van der Waals surface area contributed by atoms with Gasteiger partial charge in [-0.05, 0) is 32.9 Å². The second-order valence-electron chi connectivity index (χ2n) is 4.63. The van der Waals surface area contributed by atoms with Crippen LogP contribution in [0.1, 0.15) is 18.1 Å². The van der Waals surface area contributed by atoms with E-state index < -0.39 is 0 Å². The van der Waals surface area contributed by atoms with Crippen LogP contribution in [0.3, 0.4) is 0 Å². The Kier molecular flexibility index (Phi) is 5.16. The van der Waals surface area contributed by atoms with Crippen molar-refractivity contribution in [2.24, 2.45) is 0 Å². The number of carbonyl (C=O) groups is 1. The molecule has 1 N–H and O–H groups in total. The topological polar surface area (TPSA) is 32.3 Å². The number of nitrogens with zero attached hydrogens (tertiary/aromatic N) is 1. The Labute approximate surface area is 104 Å². The van der Waals surface area contributed by atoms with Crippen molar-refractivity contribution in [3.8, 4) is 0 Å². The summed E-state index contributed by atoms with van der Waals surface area (Å²) in [5.41, 5.74) is 2.59. The molecule has 1 amide bonds. The highest BCUT2D eigenvalue weighted by Crippen LogP contribution is 2.08. The van der Waals surface area contributed by atoms with E-state index in [-0.39, 0.29) is 5.91 Å². The summed E-state index contributed by atoms with van der Waals surface area (Å²) in [6.45, 7) is 4.68. The molecular weight excluding hydrogens is 212 g/mol. The van der Waals surface area contributed by atoms with Gasteiger partial charge in [0.25, 0.3) is 0 Å². The van der Waals surface area contributed by atoms with Crippen molar-refractivity contribution >= 4 is 5.91 Å². The molecule has 0 heterocycles. The number of hydrogen-bond donors (Lipinski definition) is 1. The quantitative estimate of drug-likeness (QED) is 0.839. The van der Waals surface area contributed by atoms with Crippen molar-refractivity contribution in [3.63, 3.8) is 0 Å². The molecule has 0 fully saturated rings. The lowest BCUT2D eigenvalue weighted by Crippen LogP contribution is -2.39. The van der Waals surface area contributed by atoms with Gasteiger partial charge in [0.05, 0.1) is 6.54 Å². The molecule has 0 saturated carbocycles. The molecule has 1 aromatic rings. The Balaban J connectivity index is 2.50. The summed E-state index contributed by atoms with van der Waals surface area (Å²) >= 11 is 0. The molecule has 3 nitrogen and oxygen atoms in total. The highest BCUT2D eigenvalue weighted by atomic mass is 16.1. The second-order valence-corrected chi connectivity index (χ2v) is 4.63. The lowest BCUT2D eigenvalue weighted by molar-refractivity contribution is -0.121. The van der Waals surface area contributed by atoms with Gasteiger partial charge in [-0.25, -0.2) is 0 Å². The van der Waals surface area contributed by atoms with E-state index in [1.165, 1.54) is 11.1 Å². The average molecular weight is 234 g/mol. The van der Waals surface area contributed by atoms with E-state index in [2.05, 4.69) is 48.3 Å². The Bertz CT molecular complexity index is 359. The summed E-state index contributed by atoms with van der Waals surface area (Å²) in [6, 6.07) is 8.91. The van der Waals surface area contributed by atoms with Gasteiger partial charge in [0.2, 0.25) is 5.91 Å². The summed E-state index contributed by atoms with van der Waals surface area (Å²) < 4.78 is 0. The van der Waals surface area contributed by atoms with E-state index in [0.717, 1.165) is 6.42 Å². The standard InChI is InChI=1S/C14H22N2O/c1-11-5-7-13(8-6-11)9-12(2)16(4)10-14(17)15-3/h5-8,12H,9-10H2,1-4H3,(H,15,17). The third-order valence-electron chi connectivity index (χ3n) is 3.08. The summed E-state index contributed by atoms with van der Waals surface area (Å²) in [4.78, 5) is 13.3. The van der Waals surface area contributed by atoms with Crippen LogP contribution in [0.15, 0.2) is 24.3 Å². The minimum Gasteiger partial charge on any atom is -0.358 e. The molecule has 0 aliphatic heterocycles. The molecule has 1 aromatic carbocycles. The first-order chi connectivity index (χ1) is 8.02. The summed E-state index contributed by atoms with van der Waals surface area (Å²) in [6.07, 6.45) is 0.966. The van der Waals surface area contributed by atoms with Gasteiger partial charge in [0, 0.05) is 13.1 Å². The number of hydrogen-bond acceptors (Lipinski definition) is 2. The zero-order valence-electron chi connectivity index (χ0n) is 11.2. The lowest BCUT2D eigenvalue weighted by Gasteiger charge is -2.23. The summed E-state index contributed by atoms with van der Waals surface area (Å²) in [5, 5.41) is 2.64. The van der Waals surface area contributed by atoms with E-state index in [9.17, 15) is 4.79 Å². The molecule has 0 saturated heterocycles. The number of carbonyl (C=O) groups excluding carboxylic acids is 1. The zero-order chi connectivity index (χ0) is 12.8. The van der Waals surface area contributed by atoms with E-state index >= 15 is 0 Å². The normalized spacial score (nSPS) is 12.5. The number of likely N-dealkylation sites (N-methyl/N-ethyl adjacent to an activating group) is 2. The summed E-state index contributed by atoms with van der Waals surface area (Å²) in [5.74, 6) is 0.0586. The van der Waals surface area contributed by atoms with E-state index in [1.54, 1.807) is 7.05 Å². The van der Waals surface area contributed by atoms with Crippen LogP contribution in [0.25, 0.3) is 0 Å². The SMILES string of the molecule is CNC(=O)CN(C)C(C)Cc1ccc(C)cc1. The van der Waals surface area contributed by atoms with Crippen molar-refractivity contribution < 1.29 is 4.79 Å². The molecule has 0 radical (unpaired) electrons. The third-order valence-corrected chi connectivity index (χ3v) is 3.08. The molecule has 17 heavy (non-hydrogen) atoms. The smallest absolute Gasteiger partial charge is 0.233 e. The van der Waals surface area contributed by atoms with Gasteiger partial charge in [-0.1, -0.05) is 29.8 Å². The Morgan fingerprint density at radius 3 is 2.47 bits per heavy atom. The Morgan fingerprint density at radius 1 is 1.35 bits per heavy atom. The monoisotopic (exact) mass is 234 g/mol. The fourth-order valence-corrected chi connectivity index (χ4v) is 1.68. The van der Waals surface area contributed by atoms with Crippen LogP contribution in [-0.4, -0.2) is 37.5 Å². The molecule has 1 unspecified atom stereocenters. The largest absolute Gasteiger partial charge is 0.358 e. The predicted octanol–water partition coefficient (Wildman–Crippen LogP) is 1.60. The van der Waals surface area contributed by atoms with E-state index in [4.69, 9.17) is 0 Å². The van der Waals surface area contributed by atoms with Crippen LogP contribution >= 0.6 is 0 Å². The van der Waals surface area contributed by atoms with Gasteiger partial charge in [-0.3, -0.25) is 9.69 Å². The van der Waals surface area contributed by atoms with Gasteiger partial charge in [0.15, 0.2) is 0 Å². The Hall–Kier alpha value is -1.35. The fraction of sp³-hybridized carbons (Fsp3) is 0.500. The van der Waals surface area contributed by atoms with Gasteiger partial charge >= 0.3 is 0 Å². The number of aryl methyl sites for hydroxylation is 1. The molecule has 94 valence electrons. The molecular formula is C14H22N2O. The number of nitrogens with one attached hydrogen (secondary N) is 1. The molecule has 0 aliphatic rings. The zero-order valence-corrected chi connectivity index (χ0v) is 11.2. The van der Waals surface area contributed by atoms with Crippen LogP contribution in [0, 0.1) is 6.92 Å². The van der Waals surface area contributed by atoms with E-state index in [1.807, 2.05) is 7.05 Å². The molecule has 0 bridgehead atoms. The summed E-state index contributed by atoms with van der Waals surface area (Å²) in [7, 11) is 3.65. The highest BCUT2D eigenvalue weighted by molar-refractivity contribution is 5.77. The first-order valence-corrected chi connectivity index (χ1v) is 5.99. The molecule has 1 atom stereocenters. The van der Waals surface area contributed by atoms with Crippen LogP contribution in [0.5, 0.6) is 0 Å². The third kappa shape index (κ3) is 4.57. The van der Waals surface area contributed by atoms with Crippen LogP contribution in [0.2, 0.25) is 0 Å².